The third-order valence-electron chi connectivity index (χ3n) is 5.11. The predicted octanol–water partition coefficient (Wildman–Crippen LogP) is 4.37. The molecular formula is C25H24FN3O4. The molecule has 33 heavy (non-hydrogen) atoms. The number of hydrogen-bond donors (Lipinski definition) is 2. The Kier molecular flexibility index (Phi) is 7.14. The molecule has 7 nitrogen and oxygen atoms in total. The van der Waals surface area contributed by atoms with Crippen LogP contribution < -0.4 is 20.1 Å². The maximum Gasteiger partial charge on any atom is 0.224 e. The highest BCUT2D eigenvalue weighted by Crippen LogP contribution is 2.27. The van der Waals surface area contributed by atoms with E-state index in [1.54, 1.807) is 12.3 Å². The third kappa shape index (κ3) is 6.52. The van der Waals surface area contributed by atoms with Crippen LogP contribution in [0, 0.1) is 5.82 Å². The average molecular weight is 449 g/mol. The Morgan fingerprint density at radius 2 is 1.88 bits per heavy atom. The van der Waals surface area contributed by atoms with Crippen molar-refractivity contribution in [2.24, 2.45) is 0 Å². The Bertz CT molecular complexity index is 1120. The van der Waals surface area contributed by atoms with E-state index in [1.165, 1.54) is 24.3 Å². The quantitative estimate of drug-likeness (QED) is 0.474. The number of aryl methyl sites for hydroxylation is 1. The first-order valence-corrected chi connectivity index (χ1v) is 10.8. The molecule has 0 radical (unpaired) electrons. The van der Waals surface area contributed by atoms with Gasteiger partial charge in [0.1, 0.15) is 17.3 Å². The molecule has 0 atom stereocenters. The highest BCUT2D eigenvalue weighted by atomic mass is 19.1. The van der Waals surface area contributed by atoms with Gasteiger partial charge in [0.05, 0.1) is 6.61 Å². The summed E-state index contributed by atoms with van der Waals surface area (Å²) in [7, 11) is 0. The number of anilines is 1. The van der Waals surface area contributed by atoms with Crippen LogP contribution in [0.15, 0.2) is 60.8 Å². The van der Waals surface area contributed by atoms with Gasteiger partial charge in [-0.1, -0.05) is 6.07 Å². The lowest BCUT2D eigenvalue weighted by Gasteiger charge is -2.17. The number of pyridine rings is 1. The molecule has 1 aliphatic heterocycles. The number of halogens is 1. The number of aromatic nitrogens is 1. The Morgan fingerprint density at radius 1 is 1.06 bits per heavy atom. The number of nitrogens with zero attached hydrogens (tertiary/aromatic N) is 1. The molecule has 0 fully saturated rings. The van der Waals surface area contributed by atoms with E-state index in [9.17, 15) is 14.0 Å². The number of nitrogens with one attached hydrogen (secondary N) is 2. The maximum absolute atomic E-state index is 12.9. The first kappa shape index (κ1) is 22.3. The number of carbonyl (C=O) groups excluding carboxylic acids is 2. The molecule has 0 unspecified atom stereocenters. The normalized spacial score (nSPS) is 12.5. The molecule has 2 heterocycles. The van der Waals surface area contributed by atoms with Gasteiger partial charge < -0.3 is 20.1 Å². The molecule has 170 valence electrons. The lowest BCUT2D eigenvalue weighted by atomic mass is 10.0. The Morgan fingerprint density at radius 3 is 2.67 bits per heavy atom. The zero-order valence-corrected chi connectivity index (χ0v) is 18.0. The minimum atomic E-state index is -0.331. The Labute approximate surface area is 190 Å². The molecule has 2 amide bonds. The highest BCUT2D eigenvalue weighted by molar-refractivity contribution is 5.94. The van der Waals surface area contributed by atoms with E-state index in [-0.39, 0.29) is 17.6 Å². The van der Waals surface area contributed by atoms with Crippen molar-refractivity contribution in [3.05, 3.63) is 77.7 Å². The fraction of sp³-hybridized carbons (Fsp3) is 0.240. The third-order valence-corrected chi connectivity index (χ3v) is 5.11. The monoisotopic (exact) mass is 449 g/mol. The van der Waals surface area contributed by atoms with Crippen molar-refractivity contribution in [1.82, 2.24) is 10.3 Å². The molecule has 0 bridgehead atoms. The number of rotatable bonds is 9. The van der Waals surface area contributed by atoms with Crippen LogP contribution >= 0.6 is 0 Å². The molecule has 0 spiro atoms. The molecule has 0 saturated heterocycles. The highest BCUT2D eigenvalue weighted by Gasteiger charge is 2.15. The van der Waals surface area contributed by atoms with E-state index in [0.717, 1.165) is 22.6 Å². The topological polar surface area (TPSA) is 89.6 Å². The van der Waals surface area contributed by atoms with Crippen molar-refractivity contribution in [3.8, 4) is 17.4 Å². The number of fused-ring (bicyclic) bond motifs is 1. The summed E-state index contributed by atoms with van der Waals surface area (Å²) < 4.78 is 24.2. The van der Waals surface area contributed by atoms with Crippen molar-refractivity contribution in [2.45, 2.75) is 32.2 Å². The van der Waals surface area contributed by atoms with Crippen molar-refractivity contribution in [2.75, 3.05) is 11.9 Å². The van der Waals surface area contributed by atoms with E-state index in [4.69, 9.17) is 9.47 Å². The number of hydrogen-bond acceptors (Lipinski definition) is 5. The van der Waals surface area contributed by atoms with Crippen LogP contribution in [-0.2, 0) is 22.6 Å². The molecule has 3 aromatic rings. The molecule has 2 N–H and O–H groups in total. The Hall–Kier alpha value is -3.94. The summed E-state index contributed by atoms with van der Waals surface area (Å²) in [6.07, 6.45) is 3.74. The van der Waals surface area contributed by atoms with E-state index >= 15 is 0 Å². The summed E-state index contributed by atoms with van der Waals surface area (Å²) in [6, 6.07) is 14.8. The van der Waals surface area contributed by atoms with Gasteiger partial charge in [0, 0.05) is 37.3 Å². The van der Waals surface area contributed by atoms with Crippen LogP contribution in [0.1, 0.15) is 30.4 Å². The first-order chi connectivity index (χ1) is 16.0. The fourth-order valence-electron chi connectivity index (χ4n) is 3.36. The van der Waals surface area contributed by atoms with E-state index < -0.39 is 0 Å². The van der Waals surface area contributed by atoms with Crippen molar-refractivity contribution in [1.29, 1.82) is 0 Å². The van der Waals surface area contributed by atoms with Crippen LogP contribution in [0.5, 0.6) is 17.4 Å². The lowest BCUT2D eigenvalue weighted by Crippen LogP contribution is -2.23. The van der Waals surface area contributed by atoms with Crippen LogP contribution in [0.3, 0.4) is 0 Å². The molecule has 0 saturated carbocycles. The molecule has 1 aromatic heterocycles. The molecule has 4 rings (SSSR count). The van der Waals surface area contributed by atoms with E-state index in [1.807, 2.05) is 24.3 Å². The zero-order valence-electron chi connectivity index (χ0n) is 18.0. The number of ether oxygens (including phenoxy) is 2. The maximum atomic E-state index is 12.9. The number of carbonyl (C=O) groups is 2. The molecule has 2 aromatic carbocycles. The molecular weight excluding hydrogens is 425 g/mol. The summed E-state index contributed by atoms with van der Waals surface area (Å²) in [6.45, 7) is 0.787. The van der Waals surface area contributed by atoms with Gasteiger partial charge in [0.25, 0.3) is 0 Å². The predicted molar refractivity (Wildman–Crippen MR) is 121 cm³/mol. The van der Waals surface area contributed by atoms with Gasteiger partial charge in [-0.15, -0.1) is 0 Å². The molecule has 0 aliphatic carbocycles. The molecule has 1 aliphatic rings. The van der Waals surface area contributed by atoms with Gasteiger partial charge >= 0.3 is 0 Å². The van der Waals surface area contributed by atoms with Gasteiger partial charge in [0.2, 0.25) is 17.7 Å². The SMILES string of the molecule is O=C(CCCOc1ccc2c(c1)CCC(=O)N2)NCc1ccc(Oc2ccc(F)cc2)nc1. The van der Waals surface area contributed by atoms with Gasteiger partial charge in [-0.2, -0.15) is 0 Å². The van der Waals surface area contributed by atoms with Crippen LogP contribution in [0.4, 0.5) is 10.1 Å². The molecule has 8 heteroatoms. The standard InChI is InChI=1S/C25H24FN3O4/c26-19-5-7-20(8-6-19)33-25-12-3-17(16-28-25)15-27-23(30)2-1-13-32-21-9-10-22-18(14-21)4-11-24(31)29-22/h3,5-10,12,14,16H,1-2,4,11,13,15H2,(H,27,30)(H,29,31). The van der Waals surface area contributed by atoms with Crippen molar-refractivity contribution in [3.63, 3.8) is 0 Å². The van der Waals surface area contributed by atoms with Crippen molar-refractivity contribution < 1.29 is 23.5 Å². The largest absolute Gasteiger partial charge is 0.494 e. The van der Waals surface area contributed by atoms with Crippen molar-refractivity contribution >= 4 is 17.5 Å². The average Bonchev–Trinajstić information content (AvgIpc) is 2.83. The first-order valence-electron chi connectivity index (χ1n) is 10.8. The second kappa shape index (κ2) is 10.6. The van der Waals surface area contributed by atoms with Gasteiger partial charge in [-0.3, -0.25) is 9.59 Å². The summed E-state index contributed by atoms with van der Waals surface area (Å²) >= 11 is 0. The van der Waals surface area contributed by atoms with E-state index in [2.05, 4.69) is 15.6 Å². The number of amides is 2. The summed E-state index contributed by atoms with van der Waals surface area (Å²) in [5.41, 5.74) is 2.74. The minimum absolute atomic E-state index is 0.0345. The fourth-order valence-corrected chi connectivity index (χ4v) is 3.36. The minimum Gasteiger partial charge on any atom is -0.494 e. The van der Waals surface area contributed by atoms with Gasteiger partial charge in [-0.25, -0.2) is 9.37 Å². The van der Waals surface area contributed by atoms with Gasteiger partial charge in [-0.05, 0) is 66.4 Å². The lowest BCUT2D eigenvalue weighted by molar-refractivity contribution is -0.121. The van der Waals surface area contributed by atoms with Crippen LogP contribution in [-0.4, -0.2) is 23.4 Å². The van der Waals surface area contributed by atoms with Crippen LogP contribution in [0.2, 0.25) is 0 Å². The van der Waals surface area contributed by atoms with E-state index in [0.29, 0.717) is 50.5 Å². The smallest absolute Gasteiger partial charge is 0.224 e. The van der Waals surface area contributed by atoms with Crippen LogP contribution in [0.25, 0.3) is 0 Å². The summed E-state index contributed by atoms with van der Waals surface area (Å²) in [5.74, 6) is 1.25. The second-order valence-electron chi connectivity index (χ2n) is 7.66. The second-order valence-corrected chi connectivity index (χ2v) is 7.66. The summed E-state index contributed by atoms with van der Waals surface area (Å²) in [4.78, 5) is 27.7. The summed E-state index contributed by atoms with van der Waals surface area (Å²) in [5, 5.41) is 5.70. The Balaban J connectivity index is 1.15. The number of benzene rings is 2. The zero-order chi connectivity index (χ0) is 23.0. The van der Waals surface area contributed by atoms with Gasteiger partial charge in [0.15, 0.2) is 0 Å².